The second-order valence-corrected chi connectivity index (χ2v) is 9.49. The lowest BCUT2D eigenvalue weighted by molar-refractivity contribution is -0.280. The van der Waals surface area contributed by atoms with E-state index in [0.29, 0.717) is 32.2 Å². The predicted molar refractivity (Wildman–Crippen MR) is 150 cm³/mol. The highest BCUT2D eigenvalue weighted by Gasteiger charge is 2.46. The first kappa shape index (κ1) is 26.9. The molecule has 1 heterocycles. The second-order valence-electron chi connectivity index (χ2n) is 9.49. The number of benzene rings is 4. The molecule has 1 aliphatic heterocycles. The summed E-state index contributed by atoms with van der Waals surface area (Å²) in [6, 6.07) is 40.1. The summed E-state index contributed by atoms with van der Waals surface area (Å²) < 4.78 is 32.0. The molecule has 4 aromatic carbocycles. The van der Waals surface area contributed by atoms with E-state index < -0.39 is 24.6 Å². The molecule has 4 unspecified atom stereocenters. The Balaban J connectivity index is 1.39. The Morgan fingerprint density at radius 1 is 0.462 bits per heavy atom. The van der Waals surface area contributed by atoms with Crippen molar-refractivity contribution < 1.29 is 23.7 Å². The smallest absolute Gasteiger partial charge is 0.229 e. The van der Waals surface area contributed by atoms with Crippen molar-refractivity contribution in [3.05, 3.63) is 156 Å². The first-order valence-corrected chi connectivity index (χ1v) is 13.2. The fraction of sp³-hybridized carbons (Fsp3) is 0.235. The van der Waals surface area contributed by atoms with Gasteiger partial charge >= 0.3 is 0 Å². The van der Waals surface area contributed by atoms with Crippen LogP contribution in [0.1, 0.15) is 22.3 Å². The SMILES string of the molecule is C=C1OC(OCc2ccccc2)C(OCc2ccccc2)C(OCc2ccccc2)C1OCc1ccccc1. The summed E-state index contributed by atoms with van der Waals surface area (Å²) in [7, 11) is 0. The molecule has 5 nitrogen and oxygen atoms in total. The molecule has 0 saturated carbocycles. The van der Waals surface area contributed by atoms with E-state index in [4.69, 9.17) is 23.7 Å². The lowest BCUT2D eigenvalue weighted by Crippen LogP contribution is -2.55. The van der Waals surface area contributed by atoms with Crippen LogP contribution in [0.15, 0.2) is 134 Å². The molecule has 39 heavy (non-hydrogen) atoms. The van der Waals surface area contributed by atoms with Crippen LogP contribution < -0.4 is 0 Å². The van der Waals surface area contributed by atoms with E-state index in [1.165, 1.54) is 0 Å². The molecule has 0 aliphatic carbocycles. The van der Waals surface area contributed by atoms with Crippen LogP contribution in [0.25, 0.3) is 0 Å². The first-order valence-electron chi connectivity index (χ1n) is 13.2. The lowest BCUT2D eigenvalue weighted by atomic mass is 10.0. The van der Waals surface area contributed by atoms with Gasteiger partial charge in [-0.15, -0.1) is 0 Å². The van der Waals surface area contributed by atoms with Gasteiger partial charge in [0.1, 0.15) is 24.1 Å². The summed E-state index contributed by atoms with van der Waals surface area (Å²) >= 11 is 0. The Hall–Kier alpha value is -3.74. The van der Waals surface area contributed by atoms with E-state index in [1.54, 1.807) is 0 Å². The third-order valence-electron chi connectivity index (χ3n) is 6.58. The fourth-order valence-electron chi connectivity index (χ4n) is 4.51. The highest BCUT2D eigenvalue weighted by Crippen LogP contribution is 2.32. The van der Waals surface area contributed by atoms with E-state index in [9.17, 15) is 0 Å². The molecule has 0 aromatic heterocycles. The molecule has 1 aliphatic rings. The molecule has 0 amide bonds. The van der Waals surface area contributed by atoms with Crippen LogP contribution in [0.3, 0.4) is 0 Å². The average molecular weight is 523 g/mol. The summed E-state index contributed by atoms with van der Waals surface area (Å²) in [5.74, 6) is 0.460. The Bertz CT molecular complexity index is 1260. The number of hydrogen-bond acceptors (Lipinski definition) is 5. The van der Waals surface area contributed by atoms with Crippen LogP contribution in [0, 0.1) is 0 Å². The number of ether oxygens (including phenoxy) is 5. The predicted octanol–water partition coefficient (Wildman–Crippen LogP) is 6.83. The van der Waals surface area contributed by atoms with Crippen LogP contribution in [0.2, 0.25) is 0 Å². The van der Waals surface area contributed by atoms with Crippen LogP contribution >= 0.6 is 0 Å². The molecular formula is C34H34O5. The topological polar surface area (TPSA) is 46.2 Å². The third kappa shape index (κ3) is 7.65. The quantitative estimate of drug-likeness (QED) is 0.204. The van der Waals surface area contributed by atoms with Gasteiger partial charge in [0.05, 0.1) is 26.4 Å². The van der Waals surface area contributed by atoms with Gasteiger partial charge in [0, 0.05) is 0 Å². The largest absolute Gasteiger partial charge is 0.464 e. The summed E-state index contributed by atoms with van der Waals surface area (Å²) in [5.41, 5.74) is 4.20. The van der Waals surface area contributed by atoms with E-state index in [0.717, 1.165) is 22.3 Å². The van der Waals surface area contributed by atoms with E-state index >= 15 is 0 Å². The molecular weight excluding hydrogens is 488 g/mol. The van der Waals surface area contributed by atoms with Crippen LogP contribution in [0.4, 0.5) is 0 Å². The maximum absolute atomic E-state index is 6.55. The normalized spacial score (nSPS) is 20.9. The van der Waals surface area contributed by atoms with Gasteiger partial charge in [-0.1, -0.05) is 128 Å². The minimum Gasteiger partial charge on any atom is -0.464 e. The van der Waals surface area contributed by atoms with Gasteiger partial charge in [-0.2, -0.15) is 0 Å². The first-order chi connectivity index (χ1) is 19.3. The molecule has 0 spiro atoms. The van der Waals surface area contributed by atoms with Gasteiger partial charge in [0.15, 0.2) is 0 Å². The van der Waals surface area contributed by atoms with Crippen molar-refractivity contribution in [2.45, 2.75) is 51.0 Å². The maximum atomic E-state index is 6.55. The molecule has 0 N–H and O–H groups in total. The van der Waals surface area contributed by atoms with Crippen molar-refractivity contribution in [2.75, 3.05) is 0 Å². The standard InChI is InChI=1S/C34H34O5/c1-26-31(35-22-27-14-6-2-7-15-27)32(36-23-28-16-8-3-9-17-28)33(37-24-29-18-10-4-11-19-29)34(39-26)38-25-30-20-12-5-13-21-30/h2-21,31-34H,1,22-25H2. The molecule has 0 bridgehead atoms. The van der Waals surface area contributed by atoms with Crippen molar-refractivity contribution in [3.8, 4) is 0 Å². The summed E-state index contributed by atoms with van der Waals surface area (Å²) in [6.07, 6.45) is -2.35. The van der Waals surface area contributed by atoms with E-state index in [1.807, 2.05) is 121 Å². The summed E-state index contributed by atoms with van der Waals surface area (Å²) in [4.78, 5) is 0. The van der Waals surface area contributed by atoms with Crippen molar-refractivity contribution in [1.29, 1.82) is 0 Å². The van der Waals surface area contributed by atoms with Crippen molar-refractivity contribution in [2.24, 2.45) is 0 Å². The van der Waals surface area contributed by atoms with Gasteiger partial charge in [-0.25, -0.2) is 0 Å². The van der Waals surface area contributed by atoms with Gasteiger partial charge in [0.25, 0.3) is 0 Å². The second kappa shape index (κ2) is 13.9. The Kier molecular flexibility index (Phi) is 9.55. The van der Waals surface area contributed by atoms with Crippen molar-refractivity contribution in [3.63, 3.8) is 0 Å². The molecule has 200 valence electrons. The van der Waals surface area contributed by atoms with Gasteiger partial charge < -0.3 is 23.7 Å². The zero-order chi connectivity index (χ0) is 26.7. The third-order valence-corrected chi connectivity index (χ3v) is 6.58. The molecule has 1 saturated heterocycles. The van der Waals surface area contributed by atoms with E-state index in [-0.39, 0.29) is 0 Å². The maximum Gasteiger partial charge on any atom is 0.229 e. The van der Waals surface area contributed by atoms with Crippen LogP contribution in [0.5, 0.6) is 0 Å². The molecule has 0 radical (unpaired) electrons. The monoisotopic (exact) mass is 522 g/mol. The van der Waals surface area contributed by atoms with Gasteiger partial charge in [0.2, 0.25) is 6.29 Å². The molecule has 5 heteroatoms. The lowest BCUT2D eigenvalue weighted by Gasteiger charge is -2.43. The molecule has 4 atom stereocenters. The van der Waals surface area contributed by atoms with Crippen molar-refractivity contribution in [1.82, 2.24) is 0 Å². The number of rotatable bonds is 12. The molecule has 5 rings (SSSR count). The average Bonchev–Trinajstić information content (AvgIpc) is 3.00. The minimum absolute atomic E-state index is 0.366. The van der Waals surface area contributed by atoms with Crippen molar-refractivity contribution >= 4 is 0 Å². The summed E-state index contributed by atoms with van der Waals surface area (Å²) in [6.45, 7) is 5.73. The minimum atomic E-state index is -0.723. The highest BCUT2D eigenvalue weighted by atomic mass is 16.7. The molecule has 4 aromatic rings. The zero-order valence-corrected chi connectivity index (χ0v) is 21.9. The van der Waals surface area contributed by atoms with Gasteiger partial charge in [-0.3, -0.25) is 0 Å². The summed E-state index contributed by atoms with van der Waals surface area (Å²) in [5, 5.41) is 0. The Labute approximate surface area is 230 Å². The fourth-order valence-corrected chi connectivity index (χ4v) is 4.51. The zero-order valence-electron chi connectivity index (χ0n) is 21.9. The van der Waals surface area contributed by atoms with Crippen LogP contribution in [-0.4, -0.2) is 24.6 Å². The Morgan fingerprint density at radius 2 is 0.821 bits per heavy atom. The molecule has 1 fully saturated rings. The van der Waals surface area contributed by atoms with Gasteiger partial charge in [-0.05, 0) is 22.3 Å². The van der Waals surface area contributed by atoms with E-state index in [2.05, 4.69) is 6.58 Å². The van der Waals surface area contributed by atoms with Crippen LogP contribution in [-0.2, 0) is 50.1 Å². The number of hydrogen-bond donors (Lipinski definition) is 0. The highest BCUT2D eigenvalue weighted by molar-refractivity contribution is 5.17. The Morgan fingerprint density at radius 3 is 1.26 bits per heavy atom.